The molecule has 0 bridgehead atoms. The van der Waals surface area contributed by atoms with Crippen molar-refractivity contribution in [3.8, 4) is 0 Å². The molecule has 1 rings (SSSR count). The van der Waals surface area contributed by atoms with Crippen LogP contribution in [0.3, 0.4) is 0 Å². The van der Waals surface area contributed by atoms with Crippen molar-refractivity contribution in [1.29, 1.82) is 0 Å². The lowest BCUT2D eigenvalue weighted by Gasteiger charge is -2.12. The fraction of sp³-hybridized carbons (Fsp3) is 0.600. The number of nitrogens with one attached hydrogen (secondary N) is 1. The van der Waals surface area contributed by atoms with Gasteiger partial charge >= 0.3 is 0 Å². The lowest BCUT2D eigenvalue weighted by Crippen LogP contribution is -2.21. The van der Waals surface area contributed by atoms with Crippen LogP contribution in [0.1, 0.15) is 6.92 Å². The number of hydrogen-bond donors (Lipinski definition) is 1. The molecule has 52 valence electrons. The Morgan fingerprint density at radius 3 is 2.56 bits per heavy atom. The van der Waals surface area contributed by atoms with E-state index in [1.807, 2.05) is 11.8 Å². The minimum Gasteiger partial charge on any atom is -0.356 e. The van der Waals surface area contributed by atoms with Crippen LogP contribution in [0, 0.1) is 0 Å². The molecule has 9 heavy (non-hydrogen) atoms. The second-order valence-electron chi connectivity index (χ2n) is 1.80. The van der Waals surface area contributed by atoms with Gasteiger partial charge < -0.3 is 10.2 Å². The Bertz CT molecular complexity index is 144. The topological polar surface area (TPSA) is 15.3 Å². The predicted molar refractivity (Wildman–Crippen MR) is 39.1 cm³/mol. The summed E-state index contributed by atoms with van der Waals surface area (Å²) in [4.78, 5) is 1.95. The van der Waals surface area contributed by atoms with Crippen LogP contribution in [0.4, 0.5) is 0 Å². The Kier molecular flexibility index (Phi) is 2.09. The van der Waals surface area contributed by atoms with Gasteiger partial charge in [-0.25, -0.2) is 0 Å². The Morgan fingerprint density at radius 2 is 2.33 bits per heavy atom. The van der Waals surface area contributed by atoms with Crippen molar-refractivity contribution in [1.82, 2.24) is 10.2 Å². The van der Waals surface area contributed by atoms with E-state index < -0.39 is 0 Å². The molecule has 4 heteroatoms. The van der Waals surface area contributed by atoms with Crippen molar-refractivity contribution in [2.75, 3.05) is 13.2 Å². The van der Waals surface area contributed by atoms with Crippen molar-refractivity contribution >= 4 is 23.2 Å². The van der Waals surface area contributed by atoms with Crippen LogP contribution in [0.5, 0.6) is 0 Å². The maximum Gasteiger partial charge on any atom is 0.141 e. The summed E-state index contributed by atoms with van der Waals surface area (Å²) in [6.45, 7) is 3.65. The molecule has 1 aliphatic heterocycles. The third kappa shape index (κ3) is 1.25. The normalized spacial score (nSPS) is 18.8. The first-order valence-corrected chi connectivity index (χ1v) is 3.55. The van der Waals surface area contributed by atoms with Gasteiger partial charge in [-0.1, -0.05) is 23.2 Å². The fourth-order valence-corrected chi connectivity index (χ4v) is 1.12. The number of halogens is 2. The van der Waals surface area contributed by atoms with Crippen LogP contribution < -0.4 is 5.32 Å². The van der Waals surface area contributed by atoms with Crippen molar-refractivity contribution in [3.63, 3.8) is 0 Å². The molecule has 0 aromatic heterocycles. The summed E-state index contributed by atoms with van der Waals surface area (Å²) in [6, 6.07) is 0. The van der Waals surface area contributed by atoms with Gasteiger partial charge in [0, 0.05) is 6.54 Å². The first kappa shape index (κ1) is 7.03. The molecule has 0 aromatic carbocycles. The van der Waals surface area contributed by atoms with Gasteiger partial charge in [0.1, 0.15) is 10.3 Å². The summed E-state index contributed by atoms with van der Waals surface area (Å²) >= 11 is 11.4. The number of hydrogen-bond acceptors (Lipinski definition) is 2. The molecule has 0 fully saturated rings. The Morgan fingerprint density at radius 1 is 1.67 bits per heavy atom. The van der Waals surface area contributed by atoms with Crippen molar-refractivity contribution in [2.24, 2.45) is 0 Å². The SMILES string of the molecule is CCN1CNC(Cl)=C1Cl. The van der Waals surface area contributed by atoms with Gasteiger partial charge in [0.15, 0.2) is 0 Å². The van der Waals surface area contributed by atoms with Crippen LogP contribution in [0.15, 0.2) is 10.3 Å². The summed E-state index contributed by atoms with van der Waals surface area (Å²) in [5.41, 5.74) is 0. The molecular weight excluding hydrogens is 159 g/mol. The van der Waals surface area contributed by atoms with E-state index in [2.05, 4.69) is 5.32 Å². The van der Waals surface area contributed by atoms with Crippen molar-refractivity contribution in [3.05, 3.63) is 10.3 Å². The first-order chi connectivity index (χ1) is 4.25. The van der Waals surface area contributed by atoms with E-state index in [0.717, 1.165) is 13.2 Å². The molecule has 2 nitrogen and oxygen atoms in total. The molecule has 0 amide bonds. The third-order valence-corrected chi connectivity index (χ3v) is 2.10. The lowest BCUT2D eigenvalue weighted by atomic mass is 10.6. The quantitative estimate of drug-likeness (QED) is 0.595. The van der Waals surface area contributed by atoms with Crippen LogP contribution >= 0.6 is 23.2 Å². The maximum atomic E-state index is 5.74. The van der Waals surface area contributed by atoms with E-state index in [1.165, 1.54) is 0 Å². The highest BCUT2D eigenvalue weighted by Crippen LogP contribution is 2.20. The second kappa shape index (κ2) is 2.67. The molecule has 1 heterocycles. The van der Waals surface area contributed by atoms with Gasteiger partial charge in [-0.05, 0) is 6.92 Å². The van der Waals surface area contributed by atoms with E-state index in [4.69, 9.17) is 23.2 Å². The maximum absolute atomic E-state index is 5.74. The van der Waals surface area contributed by atoms with E-state index in [0.29, 0.717) is 10.3 Å². The summed E-state index contributed by atoms with van der Waals surface area (Å²) in [5, 5.41) is 4.09. The molecule has 0 spiro atoms. The summed E-state index contributed by atoms with van der Waals surface area (Å²) in [7, 11) is 0. The van der Waals surface area contributed by atoms with E-state index in [-0.39, 0.29) is 0 Å². The summed E-state index contributed by atoms with van der Waals surface area (Å²) < 4.78 is 0. The first-order valence-electron chi connectivity index (χ1n) is 2.79. The number of nitrogens with zero attached hydrogens (tertiary/aromatic N) is 1. The predicted octanol–water partition coefficient (Wildman–Crippen LogP) is 1.47. The monoisotopic (exact) mass is 166 g/mol. The average Bonchev–Trinajstić information content (AvgIpc) is 2.15. The highest BCUT2D eigenvalue weighted by molar-refractivity contribution is 6.38. The molecule has 0 saturated heterocycles. The summed E-state index contributed by atoms with van der Waals surface area (Å²) in [5.74, 6) is 0. The number of rotatable bonds is 1. The van der Waals surface area contributed by atoms with Gasteiger partial charge in [0.05, 0.1) is 6.67 Å². The van der Waals surface area contributed by atoms with E-state index >= 15 is 0 Å². The minimum atomic E-state index is 0.554. The van der Waals surface area contributed by atoms with E-state index in [1.54, 1.807) is 0 Å². The van der Waals surface area contributed by atoms with Gasteiger partial charge in [0.25, 0.3) is 0 Å². The Balaban J connectivity index is 2.63. The smallest absolute Gasteiger partial charge is 0.141 e. The zero-order valence-electron chi connectivity index (χ0n) is 5.12. The standard InChI is InChI=1S/C5H8Cl2N2/c1-2-9-3-8-4(6)5(9)7/h8H,2-3H2,1H3. The largest absolute Gasteiger partial charge is 0.356 e. The van der Waals surface area contributed by atoms with Crippen molar-refractivity contribution in [2.45, 2.75) is 6.92 Å². The molecule has 0 unspecified atom stereocenters. The van der Waals surface area contributed by atoms with Gasteiger partial charge in [-0.15, -0.1) is 0 Å². The molecule has 0 aliphatic carbocycles. The summed E-state index contributed by atoms with van der Waals surface area (Å²) in [6.07, 6.45) is 0. The zero-order chi connectivity index (χ0) is 6.85. The molecular formula is C5H8Cl2N2. The second-order valence-corrected chi connectivity index (χ2v) is 2.53. The molecule has 0 atom stereocenters. The third-order valence-electron chi connectivity index (χ3n) is 1.27. The van der Waals surface area contributed by atoms with Crippen LogP contribution in [-0.4, -0.2) is 18.1 Å². The van der Waals surface area contributed by atoms with Crippen LogP contribution in [0.25, 0.3) is 0 Å². The molecule has 0 saturated carbocycles. The highest BCUT2D eigenvalue weighted by atomic mass is 35.5. The average molecular weight is 167 g/mol. The highest BCUT2D eigenvalue weighted by Gasteiger charge is 2.15. The van der Waals surface area contributed by atoms with E-state index in [9.17, 15) is 0 Å². The fourth-order valence-electron chi connectivity index (χ4n) is 0.697. The van der Waals surface area contributed by atoms with Crippen LogP contribution in [-0.2, 0) is 0 Å². The van der Waals surface area contributed by atoms with Crippen LogP contribution in [0.2, 0.25) is 0 Å². The lowest BCUT2D eigenvalue weighted by molar-refractivity contribution is 0.403. The van der Waals surface area contributed by atoms with Gasteiger partial charge in [-0.3, -0.25) is 0 Å². The Labute approximate surface area is 64.4 Å². The Hall–Kier alpha value is -0.0800. The van der Waals surface area contributed by atoms with Gasteiger partial charge in [-0.2, -0.15) is 0 Å². The molecule has 0 radical (unpaired) electrons. The zero-order valence-corrected chi connectivity index (χ0v) is 6.63. The van der Waals surface area contributed by atoms with Crippen molar-refractivity contribution < 1.29 is 0 Å². The molecule has 1 aliphatic rings. The minimum absolute atomic E-state index is 0.554. The van der Waals surface area contributed by atoms with Gasteiger partial charge in [0.2, 0.25) is 0 Å². The molecule has 1 N–H and O–H groups in total. The molecule has 0 aromatic rings.